The van der Waals surface area contributed by atoms with Crippen molar-refractivity contribution in [2.45, 2.75) is 69.9 Å². The zero-order valence-corrected chi connectivity index (χ0v) is 20.6. The zero-order valence-electron chi connectivity index (χ0n) is 20.6. The molecule has 36 heavy (non-hydrogen) atoms. The predicted molar refractivity (Wildman–Crippen MR) is 130 cm³/mol. The highest BCUT2D eigenvalue weighted by molar-refractivity contribution is 5.95. The standard InChI is InChI=1S/C27H33FN4O4/c1-16-4-2-3-5-23(16)36-18-6-9-30(10-7-18)24(34)15-32-21-13-17-12-19(17)25(21)26(29-32)27(35)31-11-8-22(33)20(28)14-31/h2-5,17-20,22,33H,6-15H2,1H3/t17-,19-,20+,22-/m1/s1. The molecule has 2 aromatic rings. The summed E-state index contributed by atoms with van der Waals surface area (Å²) in [6, 6.07) is 7.97. The van der Waals surface area contributed by atoms with E-state index in [4.69, 9.17) is 4.74 Å². The summed E-state index contributed by atoms with van der Waals surface area (Å²) in [5, 5.41) is 14.3. The van der Waals surface area contributed by atoms with Crippen LogP contribution in [0.5, 0.6) is 5.75 Å². The summed E-state index contributed by atoms with van der Waals surface area (Å²) in [4.78, 5) is 29.8. The van der Waals surface area contributed by atoms with Crippen LogP contribution in [0.1, 0.15) is 58.9 Å². The van der Waals surface area contributed by atoms with E-state index in [0.717, 1.165) is 48.3 Å². The van der Waals surface area contributed by atoms with Gasteiger partial charge in [0.15, 0.2) is 5.69 Å². The second-order valence-corrected chi connectivity index (χ2v) is 10.8. The summed E-state index contributed by atoms with van der Waals surface area (Å²) < 4.78 is 22.0. The van der Waals surface area contributed by atoms with Crippen LogP contribution >= 0.6 is 0 Å². The molecule has 4 atom stereocenters. The molecule has 8 nitrogen and oxygen atoms in total. The van der Waals surface area contributed by atoms with Gasteiger partial charge in [0.05, 0.1) is 12.6 Å². The summed E-state index contributed by atoms with van der Waals surface area (Å²) in [5.74, 6) is 1.46. The van der Waals surface area contributed by atoms with Crippen LogP contribution in [0.15, 0.2) is 24.3 Å². The molecule has 0 bridgehead atoms. The number of ether oxygens (including phenoxy) is 1. The van der Waals surface area contributed by atoms with Gasteiger partial charge in [0.2, 0.25) is 5.91 Å². The maximum Gasteiger partial charge on any atom is 0.274 e. The van der Waals surface area contributed by atoms with E-state index in [1.54, 1.807) is 4.68 Å². The van der Waals surface area contributed by atoms with Gasteiger partial charge in [0.25, 0.3) is 5.91 Å². The van der Waals surface area contributed by atoms with E-state index in [0.29, 0.717) is 37.2 Å². The lowest BCUT2D eigenvalue weighted by Gasteiger charge is -2.32. The SMILES string of the molecule is Cc1ccccc1OC1CCN(C(=O)Cn2nc(C(=O)N3CC[C@@H](O)[C@@H](F)C3)c3c2C[C@H]2C[C@@H]32)CC1. The highest BCUT2D eigenvalue weighted by Gasteiger charge is 2.51. The van der Waals surface area contributed by atoms with Gasteiger partial charge in [0, 0.05) is 43.7 Å². The predicted octanol–water partition coefficient (Wildman–Crippen LogP) is 2.47. The Bertz CT molecular complexity index is 1170. The minimum absolute atomic E-state index is 0.000804. The molecule has 2 amide bonds. The Hall–Kier alpha value is -2.94. The fourth-order valence-electron chi connectivity index (χ4n) is 6.03. The number of para-hydroxylation sites is 1. The van der Waals surface area contributed by atoms with Gasteiger partial charge in [0.1, 0.15) is 24.6 Å². The van der Waals surface area contributed by atoms with Crippen LogP contribution in [0, 0.1) is 12.8 Å². The van der Waals surface area contributed by atoms with E-state index in [2.05, 4.69) is 5.10 Å². The molecule has 2 saturated heterocycles. The number of hydrogen-bond donors (Lipinski definition) is 1. The Balaban J connectivity index is 1.11. The normalized spacial score (nSPS) is 27.5. The van der Waals surface area contributed by atoms with Gasteiger partial charge in [-0.1, -0.05) is 18.2 Å². The Morgan fingerprint density at radius 1 is 1.14 bits per heavy atom. The van der Waals surface area contributed by atoms with Crippen molar-refractivity contribution in [2.24, 2.45) is 5.92 Å². The number of alkyl halides is 1. The van der Waals surface area contributed by atoms with Crippen LogP contribution in [-0.4, -0.2) is 81.1 Å². The molecule has 2 aliphatic carbocycles. The van der Waals surface area contributed by atoms with Crippen molar-refractivity contribution in [1.29, 1.82) is 0 Å². The molecule has 6 rings (SSSR count). The van der Waals surface area contributed by atoms with E-state index < -0.39 is 12.3 Å². The van der Waals surface area contributed by atoms with Crippen LogP contribution in [0.2, 0.25) is 0 Å². The fraction of sp³-hybridized carbons (Fsp3) is 0.593. The quantitative estimate of drug-likeness (QED) is 0.687. The summed E-state index contributed by atoms with van der Waals surface area (Å²) in [5.41, 5.74) is 3.43. The number of aliphatic hydroxyl groups excluding tert-OH is 1. The maximum atomic E-state index is 14.1. The number of amides is 2. The summed E-state index contributed by atoms with van der Waals surface area (Å²) in [6.07, 6.45) is 1.29. The molecule has 9 heteroatoms. The smallest absolute Gasteiger partial charge is 0.274 e. The minimum atomic E-state index is -1.44. The monoisotopic (exact) mass is 496 g/mol. The molecule has 2 aliphatic heterocycles. The number of halogens is 1. The van der Waals surface area contributed by atoms with Gasteiger partial charge in [-0.05, 0) is 49.7 Å². The molecule has 0 radical (unpaired) electrons. The number of aliphatic hydroxyl groups is 1. The van der Waals surface area contributed by atoms with Crippen molar-refractivity contribution >= 4 is 11.8 Å². The van der Waals surface area contributed by atoms with Crippen LogP contribution in [0.4, 0.5) is 4.39 Å². The van der Waals surface area contributed by atoms with E-state index in [9.17, 15) is 19.1 Å². The number of hydrogen-bond acceptors (Lipinski definition) is 5. The van der Waals surface area contributed by atoms with Gasteiger partial charge in [-0.2, -0.15) is 5.10 Å². The van der Waals surface area contributed by atoms with Crippen LogP contribution in [0.25, 0.3) is 0 Å². The number of aryl methyl sites for hydroxylation is 1. The Morgan fingerprint density at radius 3 is 2.64 bits per heavy atom. The molecule has 0 spiro atoms. The molecule has 0 unspecified atom stereocenters. The lowest BCUT2D eigenvalue weighted by atomic mass is 10.0. The molecule has 1 N–H and O–H groups in total. The topological polar surface area (TPSA) is 87.9 Å². The Morgan fingerprint density at radius 2 is 1.89 bits per heavy atom. The third-order valence-corrected chi connectivity index (χ3v) is 8.31. The number of piperidine rings is 2. The number of carbonyl (C=O) groups is 2. The maximum absolute atomic E-state index is 14.1. The van der Waals surface area contributed by atoms with E-state index >= 15 is 0 Å². The molecule has 1 aromatic heterocycles. The largest absolute Gasteiger partial charge is 0.490 e. The number of fused-ring (bicyclic) bond motifs is 3. The third kappa shape index (κ3) is 4.27. The first-order chi connectivity index (χ1) is 17.4. The first-order valence-corrected chi connectivity index (χ1v) is 13.1. The molecular formula is C27H33FN4O4. The summed E-state index contributed by atoms with van der Waals surface area (Å²) in [7, 11) is 0. The van der Waals surface area contributed by atoms with Crippen molar-refractivity contribution in [3.63, 3.8) is 0 Å². The second kappa shape index (κ2) is 9.18. The number of aromatic nitrogens is 2. The van der Waals surface area contributed by atoms with Crippen LogP contribution in [-0.2, 0) is 17.8 Å². The minimum Gasteiger partial charge on any atom is -0.490 e. The van der Waals surface area contributed by atoms with E-state index in [-0.39, 0.29) is 37.4 Å². The van der Waals surface area contributed by atoms with E-state index in [1.165, 1.54) is 4.90 Å². The Kier molecular flexibility index (Phi) is 5.98. The van der Waals surface area contributed by atoms with Crippen molar-refractivity contribution in [3.8, 4) is 5.75 Å². The first kappa shape index (κ1) is 23.5. The second-order valence-electron chi connectivity index (χ2n) is 10.8. The number of nitrogens with zero attached hydrogens (tertiary/aromatic N) is 4. The molecule has 3 fully saturated rings. The van der Waals surface area contributed by atoms with Crippen molar-refractivity contribution in [3.05, 3.63) is 46.8 Å². The van der Waals surface area contributed by atoms with Gasteiger partial charge in [-0.3, -0.25) is 14.3 Å². The fourth-order valence-corrected chi connectivity index (χ4v) is 6.03. The average molecular weight is 497 g/mol. The number of carbonyl (C=O) groups excluding carboxylic acids is 2. The molecule has 1 saturated carbocycles. The molecule has 4 aliphatic rings. The third-order valence-electron chi connectivity index (χ3n) is 8.31. The van der Waals surface area contributed by atoms with Crippen molar-refractivity contribution < 1.29 is 23.8 Å². The Labute approximate surface area is 210 Å². The van der Waals surface area contributed by atoms with Crippen molar-refractivity contribution in [2.75, 3.05) is 26.2 Å². The molecule has 192 valence electrons. The number of likely N-dealkylation sites (tertiary alicyclic amines) is 2. The summed E-state index contributed by atoms with van der Waals surface area (Å²) >= 11 is 0. The number of rotatable bonds is 5. The average Bonchev–Trinajstić information content (AvgIpc) is 3.40. The highest BCUT2D eigenvalue weighted by Crippen LogP contribution is 2.57. The summed E-state index contributed by atoms with van der Waals surface area (Å²) in [6.45, 7) is 3.60. The molecule has 3 heterocycles. The van der Waals surface area contributed by atoms with Crippen LogP contribution < -0.4 is 4.74 Å². The van der Waals surface area contributed by atoms with Gasteiger partial charge in [-0.15, -0.1) is 0 Å². The van der Waals surface area contributed by atoms with Gasteiger partial charge in [-0.25, -0.2) is 4.39 Å². The lowest BCUT2D eigenvalue weighted by Crippen LogP contribution is -2.47. The van der Waals surface area contributed by atoms with Gasteiger partial charge >= 0.3 is 0 Å². The molecule has 1 aromatic carbocycles. The number of benzene rings is 1. The zero-order chi connectivity index (χ0) is 25.0. The molecular weight excluding hydrogens is 463 g/mol. The van der Waals surface area contributed by atoms with Crippen molar-refractivity contribution in [1.82, 2.24) is 19.6 Å². The van der Waals surface area contributed by atoms with E-state index in [1.807, 2.05) is 36.1 Å². The highest BCUT2D eigenvalue weighted by atomic mass is 19.1. The first-order valence-electron chi connectivity index (χ1n) is 13.1. The van der Waals surface area contributed by atoms with Crippen LogP contribution in [0.3, 0.4) is 0 Å². The van der Waals surface area contributed by atoms with Gasteiger partial charge < -0.3 is 19.6 Å². The lowest BCUT2D eigenvalue weighted by molar-refractivity contribution is -0.133.